The summed E-state index contributed by atoms with van der Waals surface area (Å²) < 4.78 is 11.9. The Kier molecular flexibility index (Phi) is 7.41. The number of rotatable bonds is 4. The first-order valence-electron chi connectivity index (χ1n) is 13.1. The van der Waals surface area contributed by atoms with E-state index in [-0.39, 0.29) is 18.2 Å². The number of morpholine rings is 1. The Labute approximate surface area is 220 Å². The number of aliphatic carboxylic acids is 1. The van der Waals surface area contributed by atoms with Crippen LogP contribution in [-0.2, 0) is 27.4 Å². The monoisotopic (exact) mass is 508 g/mol. The molecule has 2 amide bonds. The predicted molar refractivity (Wildman–Crippen MR) is 144 cm³/mol. The third-order valence-electron chi connectivity index (χ3n) is 7.44. The lowest BCUT2D eigenvalue weighted by atomic mass is 9.83. The predicted octanol–water partition coefficient (Wildman–Crippen LogP) is 5.76. The third kappa shape index (κ3) is 5.39. The molecule has 1 unspecified atom stereocenters. The van der Waals surface area contributed by atoms with Gasteiger partial charge in [-0.3, -0.25) is 0 Å². The molecule has 1 N–H and O–H groups in total. The minimum absolute atomic E-state index is 0.000727. The summed E-state index contributed by atoms with van der Waals surface area (Å²) in [6, 6.07) is 8.16. The van der Waals surface area contributed by atoms with Gasteiger partial charge >= 0.3 is 12.0 Å². The highest BCUT2D eigenvalue weighted by Gasteiger charge is 2.38. The number of benzene rings is 2. The first-order chi connectivity index (χ1) is 17.3. The van der Waals surface area contributed by atoms with Gasteiger partial charge in [0.05, 0.1) is 24.4 Å². The summed E-state index contributed by atoms with van der Waals surface area (Å²) in [5.41, 5.74) is 6.99. The van der Waals surface area contributed by atoms with Gasteiger partial charge in [0.15, 0.2) is 6.10 Å². The molecule has 4 rings (SSSR count). The molecular formula is C30H40N2O5. The lowest BCUT2D eigenvalue weighted by Gasteiger charge is -2.38. The van der Waals surface area contributed by atoms with Crippen LogP contribution in [0.1, 0.15) is 74.1 Å². The van der Waals surface area contributed by atoms with Crippen molar-refractivity contribution < 1.29 is 24.2 Å². The van der Waals surface area contributed by atoms with E-state index < -0.39 is 17.7 Å². The molecule has 2 aliphatic heterocycles. The van der Waals surface area contributed by atoms with Crippen molar-refractivity contribution in [2.45, 2.75) is 92.3 Å². The van der Waals surface area contributed by atoms with Crippen LogP contribution in [0.2, 0.25) is 0 Å². The van der Waals surface area contributed by atoms with Crippen LogP contribution < -0.4 is 0 Å². The first-order valence-corrected chi connectivity index (χ1v) is 13.1. The minimum atomic E-state index is -1.13. The summed E-state index contributed by atoms with van der Waals surface area (Å²) in [5, 5.41) is 10.3. The molecule has 0 radical (unpaired) electrons. The van der Waals surface area contributed by atoms with Crippen molar-refractivity contribution in [2.24, 2.45) is 0 Å². The Morgan fingerprint density at radius 1 is 1.03 bits per heavy atom. The standard InChI is InChI=1S/C30H40N2O5/c1-17-9-11-22(12-10-17)25-20(4)23-14-31(29(35)32-13-19(3)36-16-18(32)2)15-24(23)21(5)26(25)27(28(33)34)37-30(6,7)8/h9-12,18-19,27H,13-16H2,1-8H3,(H,33,34)/t18-,19+,27?/m1/s1. The minimum Gasteiger partial charge on any atom is -0.479 e. The van der Waals surface area contributed by atoms with Crippen LogP contribution in [0, 0.1) is 20.8 Å². The highest BCUT2D eigenvalue weighted by atomic mass is 16.5. The molecule has 0 bridgehead atoms. The average molecular weight is 509 g/mol. The van der Waals surface area contributed by atoms with E-state index in [0.29, 0.717) is 31.8 Å². The third-order valence-corrected chi connectivity index (χ3v) is 7.44. The van der Waals surface area contributed by atoms with Gasteiger partial charge in [0.25, 0.3) is 0 Å². The zero-order chi connectivity index (χ0) is 27.2. The van der Waals surface area contributed by atoms with Crippen molar-refractivity contribution in [3.63, 3.8) is 0 Å². The number of urea groups is 1. The molecule has 7 heteroatoms. The topological polar surface area (TPSA) is 79.3 Å². The van der Waals surface area contributed by atoms with Gasteiger partial charge in [-0.2, -0.15) is 0 Å². The van der Waals surface area contributed by atoms with E-state index in [1.54, 1.807) is 0 Å². The number of nitrogens with zero attached hydrogens (tertiary/aromatic N) is 2. The van der Waals surface area contributed by atoms with Crippen molar-refractivity contribution in [3.8, 4) is 11.1 Å². The number of carbonyl (C=O) groups excluding carboxylic acids is 1. The number of hydrogen-bond donors (Lipinski definition) is 1. The Morgan fingerprint density at radius 2 is 1.62 bits per heavy atom. The molecule has 1 saturated heterocycles. The maximum Gasteiger partial charge on any atom is 0.337 e. The largest absolute Gasteiger partial charge is 0.479 e. The Hall–Kier alpha value is -2.90. The van der Waals surface area contributed by atoms with Crippen molar-refractivity contribution in [1.29, 1.82) is 0 Å². The normalized spacial score (nSPS) is 20.6. The van der Waals surface area contributed by atoms with Crippen LogP contribution >= 0.6 is 0 Å². The van der Waals surface area contributed by atoms with Crippen LogP contribution in [0.15, 0.2) is 24.3 Å². The van der Waals surface area contributed by atoms with E-state index in [0.717, 1.165) is 38.9 Å². The SMILES string of the molecule is Cc1ccc(-c2c(C)c3c(c(C)c2C(OC(C)(C)C)C(=O)O)CN(C(=O)N2C[C@H](C)OC[C@H]2C)C3)cc1. The van der Waals surface area contributed by atoms with Crippen molar-refractivity contribution >= 4 is 12.0 Å². The van der Waals surface area contributed by atoms with Gasteiger partial charge in [0, 0.05) is 25.2 Å². The molecule has 1 fully saturated rings. The maximum absolute atomic E-state index is 13.6. The van der Waals surface area contributed by atoms with E-state index in [4.69, 9.17) is 9.47 Å². The number of carboxylic acid groups (broad SMARTS) is 1. The number of fused-ring (bicyclic) bond motifs is 1. The van der Waals surface area contributed by atoms with Crippen molar-refractivity contribution in [1.82, 2.24) is 9.80 Å². The lowest BCUT2D eigenvalue weighted by molar-refractivity contribution is -0.160. The number of amides is 2. The molecule has 37 heavy (non-hydrogen) atoms. The van der Waals surface area contributed by atoms with Crippen LogP contribution in [0.4, 0.5) is 4.79 Å². The van der Waals surface area contributed by atoms with Gasteiger partial charge < -0.3 is 24.4 Å². The second-order valence-corrected chi connectivity index (χ2v) is 11.6. The number of carboxylic acids is 1. The Balaban J connectivity index is 1.84. The molecule has 0 aromatic heterocycles. The fraction of sp³-hybridized carbons (Fsp3) is 0.533. The molecule has 200 valence electrons. The fourth-order valence-corrected chi connectivity index (χ4v) is 5.51. The number of aryl methyl sites for hydroxylation is 1. The molecule has 0 saturated carbocycles. The fourth-order valence-electron chi connectivity index (χ4n) is 5.51. The van der Waals surface area contributed by atoms with E-state index in [2.05, 4.69) is 0 Å². The second kappa shape index (κ2) is 10.1. The summed E-state index contributed by atoms with van der Waals surface area (Å²) in [6.45, 7) is 17.7. The van der Waals surface area contributed by atoms with Crippen LogP contribution in [0.3, 0.4) is 0 Å². The van der Waals surface area contributed by atoms with Crippen LogP contribution in [-0.4, -0.2) is 57.8 Å². The molecule has 2 heterocycles. The zero-order valence-electron chi connectivity index (χ0n) is 23.3. The van der Waals surface area contributed by atoms with Crippen LogP contribution in [0.25, 0.3) is 11.1 Å². The smallest absolute Gasteiger partial charge is 0.337 e. The second-order valence-electron chi connectivity index (χ2n) is 11.6. The van der Waals surface area contributed by atoms with E-state index in [9.17, 15) is 14.7 Å². The van der Waals surface area contributed by atoms with Gasteiger partial charge in [0.1, 0.15) is 0 Å². The van der Waals surface area contributed by atoms with Crippen molar-refractivity contribution in [3.05, 3.63) is 57.6 Å². The number of ether oxygens (including phenoxy) is 2. The quantitative estimate of drug-likeness (QED) is 0.568. The molecular weight excluding hydrogens is 468 g/mol. The van der Waals surface area contributed by atoms with E-state index in [1.165, 1.54) is 0 Å². The van der Waals surface area contributed by atoms with Crippen LogP contribution in [0.5, 0.6) is 0 Å². The van der Waals surface area contributed by atoms with Gasteiger partial charge in [-0.15, -0.1) is 0 Å². The van der Waals surface area contributed by atoms with Gasteiger partial charge in [-0.25, -0.2) is 9.59 Å². The number of hydrogen-bond acceptors (Lipinski definition) is 4. The molecule has 0 aliphatic carbocycles. The molecule has 7 nitrogen and oxygen atoms in total. The Bertz CT molecular complexity index is 1200. The van der Waals surface area contributed by atoms with E-state index in [1.807, 2.05) is 89.5 Å². The molecule has 0 spiro atoms. The molecule has 3 atom stereocenters. The van der Waals surface area contributed by atoms with Gasteiger partial charge in [0.2, 0.25) is 0 Å². The van der Waals surface area contributed by atoms with Gasteiger partial charge in [-0.1, -0.05) is 29.8 Å². The summed E-state index contributed by atoms with van der Waals surface area (Å²) in [6.07, 6.45) is -1.13. The molecule has 2 aromatic carbocycles. The summed E-state index contributed by atoms with van der Waals surface area (Å²) >= 11 is 0. The van der Waals surface area contributed by atoms with Crippen molar-refractivity contribution in [2.75, 3.05) is 13.2 Å². The molecule has 2 aromatic rings. The zero-order valence-corrected chi connectivity index (χ0v) is 23.3. The first kappa shape index (κ1) is 27.1. The Morgan fingerprint density at radius 3 is 2.19 bits per heavy atom. The molecule has 2 aliphatic rings. The highest BCUT2D eigenvalue weighted by Crippen LogP contribution is 2.44. The maximum atomic E-state index is 13.6. The lowest BCUT2D eigenvalue weighted by Crippen LogP contribution is -2.53. The summed E-state index contributed by atoms with van der Waals surface area (Å²) in [7, 11) is 0. The summed E-state index contributed by atoms with van der Waals surface area (Å²) in [4.78, 5) is 30.0. The average Bonchev–Trinajstić information content (AvgIpc) is 3.27. The highest BCUT2D eigenvalue weighted by molar-refractivity contribution is 5.85. The summed E-state index contributed by atoms with van der Waals surface area (Å²) in [5.74, 6) is -1.02. The number of carbonyl (C=O) groups is 2. The van der Waals surface area contributed by atoms with E-state index >= 15 is 0 Å². The van der Waals surface area contributed by atoms with Gasteiger partial charge in [-0.05, 0) is 88.8 Å².